The van der Waals surface area contributed by atoms with Gasteiger partial charge < -0.3 is 4.52 Å². The molecule has 1 saturated carbocycles. The highest BCUT2D eigenvalue weighted by Crippen LogP contribution is 2.55. The Kier molecular flexibility index (Phi) is 4.15. The molecule has 0 amide bonds. The molecule has 0 saturated heterocycles. The van der Waals surface area contributed by atoms with E-state index in [-0.39, 0.29) is 6.10 Å². The van der Waals surface area contributed by atoms with Crippen LogP contribution in [0.3, 0.4) is 0 Å². The van der Waals surface area contributed by atoms with Gasteiger partial charge in [-0.2, -0.15) is 4.20 Å². The smallest absolute Gasteiger partial charge is 0.302 e. The Balaban J connectivity index is 2.54. The Morgan fingerprint density at radius 2 is 1.93 bits per heavy atom. The van der Waals surface area contributed by atoms with Crippen LogP contribution < -0.4 is 0 Å². The SMILES string of the molecule is CC1CCCCC1OP(=O)(F)C(C)C. The first kappa shape index (κ1) is 12.2. The quantitative estimate of drug-likeness (QED) is 0.670. The van der Waals surface area contributed by atoms with E-state index >= 15 is 0 Å². The molecule has 0 aromatic heterocycles. The first-order valence-electron chi connectivity index (χ1n) is 5.41. The average molecular weight is 222 g/mol. The molecule has 0 aliphatic heterocycles. The predicted molar refractivity (Wildman–Crippen MR) is 56.4 cm³/mol. The second-order valence-corrected chi connectivity index (χ2v) is 6.81. The second kappa shape index (κ2) is 4.76. The average Bonchev–Trinajstić information content (AvgIpc) is 2.08. The van der Waals surface area contributed by atoms with Gasteiger partial charge in [-0.05, 0) is 18.8 Å². The van der Waals surface area contributed by atoms with Gasteiger partial charge in [0.2, 0.25) is 0 Å². The van der Waals surface area contributed by atoms with Crippen LogP contribution in [0.4, 0.5) is 4.20 Å². The summed E-state index contributed by atoms with van der Waals surface area (Å²) in [6, 6.07) is 0. The molecule has 84 valence electrons. The lowest BCUT2D eigenvalue weighted by Gasteiger charge is -2.30. The van der Waals surface area contributed by atoms with Crippen molar-refractivity contribution in [2.45, 2.75) is 58.2 Å². The number of halogens is 1. The Bertz CT molecular complexity index is 230. The predicted octanol–water partition coefficient (Wildman–Crippen LogP) is 4.15. The molecule has 1 aliphatic rings. The Morgan fingerprint density at radius 1 is 1.36 bits per heavy atom. The molecular weight excluding hydrogens is 202 g/mol. The van der Waals surface area contributed by atoms with Crippen LogP contribution in [0.15, 0.2) is 0 Å². The van der Waals surface area contributed by atoms with Gasteiger partial charge in [0.1, 0.15) is 0 Å². The second-order valence-electron chi connectivity index (χ2n) is 4.52. The third-order valence-corrected chi connectivity index (χ3v) is 4.72. The lowest BCUT2D eigenvalue weighted by atomic mass is 9.88. The zero-order chi connectivity index (χ0) is 10.8. The van der Waals surface area contributed by atoms with Crippen LogP contribution in [0.5, 0.6) is 0 Å². The summed E-state index contributed by atoms with van der Waals surface area (Å²) >= 11 is 0. The van der Waals surface area contributed by atoms with E-state index in [0.29, 0.717) is 5.92 Å². The molecule has 4 heteroatoms. The summed E-state index contributed by atoms with van der Waals surface area (Å²) in [6.45, 7) is 5.26. The van der Waals surface area contributed by atoms with E-state index in [4.69, 9.17) is 4.52 Å². The molecular formula is C10H20FO2P. The molecule has 0 heterocycles. The first-order valence-corrected chi connectivity index (χ1v) is 6.99. The van der Waals surface area contributed by atoms with E-state index in [0.717, 1.165) is 19.3 Å². The standard InChI is InChI=1S/C10H20FO2P/c1-8(2)14(11,12)13-10-7-5-4-6-9(10)3/h8-10H,4-7H2,1-3H3. The summed E-state index contributed by atoms with van der Waals surface area (Å²) in [7, 11) is -3.87. The van der Waals surface area contributed by atoms with E-state index < -0.39 is 13.3 Å². The van der Waals surface area contributed by atoms with E-state index in [1.165, 1.54) is 6.42 Å². The van der Waals surface area contributed by atoms with E-state index in [2.05, 4.69) is 0 Å². The van der Waals surface area contributed by atoms with Gasteiger partial charge in [-0.1, -0.05) is 33.6 Å². The van der Waals surface area contributed by atoms with E-state index in [9.17, 15) is 8.76 Å². The Labute approximate surface area is 85.8 Å². The maximum atomic E-state index is 13.5. The van der Waals surface area contributed by atoms with Gasteiger partial charge in [0, 0.05) is 0 Å². The monoisotopic (exact) mass is 222 g/mol. The van der Waals surface area contributed by atoms with Crippen molar-refractivity contribution in [3.05, 3.63) is 0 Å². The zero-order valence-electron chi connectivity index (χ0n) is 9.20. The number of hydrogen-bond acceptors (Lipinski definition) is 2. The molecule has 14 heavy (non-hydrogen) atoms. The van der Waals surface area contributed by atoms with Crippen LogP contribution in [0, 0.1) is 5.92 Å². The number of hydrogen-bond donors (Lipinski definition) is 0. The summed E-state index contributed by atoms with van der Waals surface area (Å²) in [5.74, 6) is 0.339. The van der Waals surface area contributed by atoms with Crippen molar-refractivity contribution >= 4 is 7.68 Å². The van der Waals surface area contributed by atoms with Crippen LogP contribution in [-0.2, 0) is 9.09 Å². The molecule has 3 unspecified atom stereocenters. The van der Waals surface area contributed by atoms with Gasteiger partial charge in [-0.25, -0.2) is 0 Å². The van der Waals surface area contributed by atoms with Gasteiger partial charge in [0.15, 0.2) is 0 Å². The molecule has 1 rings (SSSR count). The molecule has 0 bridgehead atoms. The fourth-order valence-corrected chi connectivity index (χ4v) is 2.67. The minimum absolute atomic E-state index is 0.137. The highest BCUT2D eigenvalue weighted by atomic mass is 31.2. The van der Waals surface area contributed by atoms with Crippen LogP contribution in [0.2, 0.25) is 0 Å². The Morgan fingerprint density at radius 3 is 2.43 bits per heavy atom. The summed E-state index contributed by atoms with van der Waals surface area (Å²) in [6.07, 6.45) is 4.01. The van der Waals surface area contributed by atoms with Gasteiger partial charge in [-0.15, -0.1) is 0 Å². The van der Waals surface area contributed by atoms with Crippen LogP contribution in [-0.4, -0.2) is 11.8 Å². The molecule has 2 nitrogen and oxygen atoms in total. The molecule has 3 atom stereocenters. The summed E-state index contributed by atoms with van der Waals surface area (Å²) < 4.78 is 30.1. The summed E-state index contributed by atoms with van der Waals surface area (Å²) in [4.78, 5) is 0. The molecule has 0 aromatic rings. The molecule has 0 N–H and O–H groups in total. The molecule has 1 aliphatic carbocycles. The van der Waals surface area contributed by atoms with Crippen molar-refractivity contribution in [1.29, 1.82) is 0 Å². The third-order valence-electron chi connectivity index (χ3n) is 2.93. The van der Waals surface area contributed by atoms with Crippen molar-refractivity contribution in [2.24, 2.45) is 5.92 Å². The largest absolute Gasteiger partial charge is 0.370 e. The van der Waals surface area contributed by atoms with Crippen LogP contribution in [0.1, 0.15) is 46.5 Å². The van der Waals surface area contributed by atoms with E-state index in [1.807, 2.05) is 6.92 Å². The fourth-order valence-electron chi connectivity index (χ4n) is 1.75. The summed E-state index contributed by atoms with van der Waals surface area (Å²) in [5, 5.41) is 0. The third kappa shape index (κ3) is 3.06. The van der Waals surface area contributed by atoms with Crippen molar-refractivity contribution in [1.82, 2.24) is 0 Å². The van der Waals surface area contributed by atoms with Gasteiger partial charge >= 0.3 is 7.68 Å². The first-order chi connectivity index (χ1) is 6.43. The lowest BCUT2D eigenvalue weighted by molar-refractivity contribution is 0.0947. The lowest BCUT2D eigenvalue weighted by Crippen LogP contribution is -2.25. The topological polar surface area (TPSA) is 26.3 Å². The molecule has 0 spiro atoms. The number of rotatable bonds is 3. The van der Waals surface area contributed by atoms with Gasteiger partial charge in [0.25, 0.3) is 0 Å². The minimum atomic E-state index is -3.87. The molecule has 1 fully saturated rings. The molecule has 0 aromatic carbocycles. The van der Waals surface area contributed by atoms with Gasteiger partial charge in [-0.3, -0.25) is 4.57 Å². The molecule has 0 radical (unpaired) electrons. The van der Waals surface area contributed by atoms with Crippen molar-refractivity contribution in [3.63, 3.8) is 0 Å². The fraction of sp³-hybridized carbons (Fsp3) is 1.00. The summed E-state index contributed by atoms with van der Waals surface area (Å²) in [5.41, 5.74) is -0.517. The highest BCUT2D eigenvalue weighted by molar-refractivity contribution is 7.54. The van der Waals surface area contributed by atoms with Gasteiger partial charge in [0.05, 0.1) is 11.8 Å². The zero-order valence-corrected chi connectivity index (χ0v) is 10.1. The normalized spacial score (nSPS) is 32.9. The van der Waals surface area contributed by atoms with Crippen LogP contribution in [0.25, 0.3) is 0 Å². The highest BCUT2D eigenvalue weighted by Gasteiger charge is 2.34. The van der Waals surface area contributed by atoms with Crippen molar-refractivity contribution in [2.75, 3.05) is 0 Å². The maximum absolute atomic E-state index is 13.5. The van der Waals surface area contributed by atoms with Crippen molar-refractivity contribution < 1.29 is 13.3 Å². The van der Waals surface area contributed by atoms with E-state index in [1.54, 1.807) is 13.8 Å². The maximum Gasteiger partial charge on any atom is 0.370 e. The Hall–Kier alpha value is 0.120. The van der Waals surface area contributed by atoms with Crippen LogP contribution >= 0.6 is 7.68 Å². The van der Waals surface area contributed by atoms with Crippen molar-refractivity contribution in [3.8, 4) is 0 Å². The minimum Gasteiger partial charge on any atom is -0.302 e.